The molecule has 0 bridgehead atoms. The van der Waals surface area contributed by atoms with Gasteiger partial charge in [0, 0.05) is 37.4 Å². The minimum absolute atomic E-state index is 0.0159. The molecule has 33 heavy (non-hydrogen) atoms. The van der Waals surface area contributed by atoms with Crippen LogP contribution < -0.4 is 10.2 Å². The number of carbonyl (C=O) groups excluding carboxylic acids is 3. The first kappa shape index (κ1) is 23.7. The van der Waals surface area contributed by atoms with E-state index in [1.54, 1.807) is 12.1 Å². The van der Waals surface area contributed by atoms with Gasteiger partial charge >= 0.3 is 0 Å². The van der Waals surface area contributed by atoms with E-state index in [1.165, 1.54) is 4.90 Å². The average molecular weight is 459 g/mol. The molecule has 0 spiro atoms. The molecule has 0 saturated carbocycles. The number of benzene rings is 1. The number of nitrogens with zero attached hydrogens (tertiary/aromatic N) is 3. The number of fused-ring (bicyclic) bond motifs is 1. The molecule has 1 aromatic rings. The molecule has 2 N–H and O–H groups in total. The maximum absolute atomic E-state index is 13.5. The summed E-state index contributed by atoms with van der Waals surface area (Å²) in [5.41, 5.74) is 0.937. The van der Waals surface area contributed by atoms with Crippen molar-refractivity contribution >= 4 is 23.3 Å². The van der Waals surface area contributed by atoms with Crippen LogP contribution in [-0.4, -0.2) is 103 Å². The first-order valence-electron chi connectivity index (χ1n) is 11.5. The third-order valence-electron chi connectivity index (χ3n) is 6.83. The molecule has 180 valence electrons. The molecule has 1 aromatic carbocycles. The Labute approximate surface area is 194 Å². The maximum atomic E-state index is 13.5. The van der Waals surface area contributed by atoms with Crippen LogP contribution in [0.4, 0.5) is 5.69 Å². The van der Waals surface area contributed by atoms with E-state index < -0.39 is 29.7 Å². The number of piperazine rings is 1. The van der Waals surface area contributed by atoms with Gasteiger partial charge in [0.1, 0.15) is 30.9 Å². The van der Waals surface area contributed by atoms with Gasteiger partial charge in [-0.15, -0.1) is 0 Å². The highest BCUT2D eigenvalue weighted by atomic mass is 16.5. The Hall–Kier alpha value is -2.49. The average Bonchev–Trinajstić information content (AvgIpc) is 3.32. The zero-order chi connectivity index (χ0) is 23.9. The van der Waals surface area contributed by atoms with E-state index in [0.717, 1.165) is 31.9 Å². The molecule has 0 aromatic heterocycles. The van der Waals surface area contributed by atoms with Crippen LogP contribution in [0.25, 0.3) is 0 Å². The van der Waals surface area contributed by atoms with Gasteiger partial charge in [-0.05, 0) is 36.7 Å². The number of amides is 2. The summed E-state index contributed by atoms with van der Waals surface area (Å²) in [6.45, 7) is 9.38. The van der Waals surface area contributed by atoms with Crippen molar-refractivity contribution in [3.8, 4) is 0 Å². The third-order valence-corrected chi connectivity index (χ3v) is 6.83. The van der Waals surface area contributed by atoms with Crippen LogP contribution in [0, 0.1) is 5.41 Å². The van der Waals surface area contributed by atoms with Crippen molar-refractivity contribution in [1.82, 2.24) is 15.1 Å². The topological polar surface area (TPSA) is 102 Å². The van der Waals surface area contributed by atoms with E-state index in [0.29, 0.717) is 5.56 Å². The number of likely N-dealkylation sites (N-methyl/N-ethyl adjacent to an activating group) is 1. The first-order valence-corrected chi connectivity index (χ1v) is 11.5. The Bertz CT molecular complexity index is 904. The molecule has 1 unspecified atom stereocenters. The standard InChI is InChI=1S/C24H34N4O5/c1-24(2,3)21(23(32)28-13-17(29)20-19(28)18(30)14-33-20)25-22(31)15-5-7-16(8-6-15)27-11-9-26(4)10-12-27/h5-8,17,19-21,29H,9-14H2,1-4H3,(H,25,31)/t17-,19+,20+,21?/m0/s1. The van der Waals surface area contributed by atoms with Crippen LogP contribution >= 0.6 is 0 Å². The molecule has 0 radical (unpaired) electrons. The van der Waals surface area contributed by atoms with E-state index in [2.05, 4.69) is 22.2 Å². The Morgan fingerprint density at radius 3 is 2.36 bits per heavy atom. The second-order valence-corrected chi connectivity index (χ2v) is 10.4. The maximum Gasteiger partial charge on any atom is 0.251 e. The largest absolute Gasteiger partial charge is 0.388 e. The highest BCUT2D eigenvalue weighted by Gasteiger charge is 2.53. The number of nitrogens with one attached hydrogen (secondary N) is 1. The quantitative estimate of drug-likeness (QED) is 0.661. The monoisotopic (exact) mass is 458 g/mol. The highest BCUT2D eigenvalue weighted by Crippen LogP contribution is 2.31. The second kappa shape index (κ2) is 9.04. The lowest BCUT2D eigenvalue weighted by molar-refractivity contribution is -0.140. The Kier molecular flexibility index (Phi) is 6.48. The van der Waals surface area contributed by atoms with Crippen LogP contribution in [0.2, 0.25) is 0 Å². The normalized spacial score (nSPS) is 26.9. The summed E-state index contributed by atoms with van der Waals surface area (Å²) in [6, 6.07) is 5.77. The minimum Gasteiger partial charge on any atom is -0.388 e. The van der Waals surface area contributed by atoms with Gasteiger partial charge < -0.3 is 29.9 Å². The van der Waals surface area contributed by atoms with E-state index >= 15 is 0 Å². The van der Waals surface area contributed by atoms with Gasteiger partial charge in [0.25, 0.3) is 5.91 Å². The second-order valence-electron chi connectivity index (χ2n) is 10.4. The number of aliphatic hydroxyl groups excluding tert-OH is 1. The lowest BCUT2D eigenvalue weighted by Gasteiger charge is -2.35. The van der Waals surface area contributed by atoms with Gasteiger partial charge in [0.2, 0.25) is 5.91 Å². The van der Waals surface area contributed by atoms with Gasteiger partial charge in [0.05, 0.1) is 6.54 Å². The van der Waals surface area contributed by atoms with Gasteiger partial charge in [-0.3, -0.25) is 14.4 Å². The van der Waals surface area contributed by atoms with Gasteiger partial charge in [0.15, 0.2) is 5.78 Å². The summed E-state index contributed by atoms with van der Waals surface area (Å²) in [5, 5.41) is 13.1. The summed E-state index contributed by atoms with van der Waals surface area (Å²) in [4.78, 5) is 44.8. The number of hydrogen-bond acceptors (Lipinski definition) is 7. The molecule has 4 rings (SSSR count). The Balaban J connectivity index is 1.47. The number of β-amino-alcohol motifs (C(OH)–C–C–N with tert-alkyl or cyclic N) is 1. The Morgan fingerprint density at radius 2 is 1.76 bits per heavy atom. The fourth-order valence-corrected chi connectivity index (χ4v) is 4.77. The molecule has 3 aliphatic rings. The molecule has 9 heteroatoms. The summed E-state index contributed by atoms with van der Waals surface area (Å²) in [5.74, 6) is -0.947. The van der Waals surface area contributed by atoms with E-state index in [4.69, 9.17) is 4.74 Å². The number of anilines is 1. The zero-order valence-corrected chi connectivity index (χ0v) is 19.8. The highest BCUT2D eigenvalue weighted by molar-refractivity contribution is 5.99. The minimum atomic E-state index is -0.913. The van der Waals surface area contributed by atoms with Crippen molar-refractivity contribution in [2.24, 2.45) is 5.41 Å². The molecule has 3 heterocycles. The summed E-state index contributed by atoms with van der Waals surface area (Å²) < 4.78 is 5.38. The smallest absolute Gasteiger partial charge is 0.251 e. The van der Waals surface area contributed by atoms with Gasteiger partial charge in [-0.2, -0.15) is 0 Å². The molecule has 9 nitrogen and oxygen atoms in total. The molecular formula is C24H34N4O5. The number of hydrogen-bond donors (Lipinski definition) is 2. The number of ether oxygens (including phenoxy) is 1. The number of carbonyl (C=O) groups is 3. The van der Waals surface area contributed by atoms with Crippen molar-refractivity contribution in [3.63, 3.8) is 0 Å². The van der Waals surface area contributed by atoms with Crippen molar-refractivity contribution in [3.05, 3.63) is 29.8 Å². The van der Waals surface area contributed by atoms with Crippen molar-refractivity contribution < 1.29 is 24.2 Å². The predicted octanol–water partition coefficient (Wildman–Crippen LogP) is 0.123. The SMILES string of the molecule is CN1CCN(c2ccc(C(=O)NC(C(=O)N3C[C@H](O)[C@H]4OCC(=O)[C@H]43)C(C)(C)C)cc2)CC1. The number of Topliss-reactive ketones (excluding diaryl/α,β-unsaturated/α-hetero) is 1. The van der Waals surface area contributed by atoms with Gasteiger partial charge in [-0.25, -0.2) is 0 Å². The van der Waals surface area contributed by atoms with Crippen LogP contribution in [0.15, 0.2) is 24.3 Å². The summed E-state index contributed by atoms with van der Waals surface area (Å²) >= 11 is 0. The van der Waals surface area contributed by atoms with E-state index in [-0.39, 0.29) is 30.7 Å². The van der Waals surface area contributed by atoms with Crippen LogP contribution in [0.1, 0.15) is 31.1 Å². The molecule has 4 atom stereocenters. The van der Waals surface area contributed by atoms with E-state index in [9.17, 15) is 19.5 Å². The lowest BCUT2D eigenvalue weighted by Crippen LogP contribution is -2.57. The number of rotatable bonds is 4. The fraction of sp³-hybridized carbons (Fsp3) is 0.625. The molecule has 3 fully saturated rings. The first-order chi connectivity index (χ1) is 15.6. The zero-order valence-electron chi connectivity index (χ0n) is 19.8. The van der Waals surface area contributed by atoms with Crippen LogP contribution in [0.5, 0.6) is 0 Å². The molecule has 2 amide bonds. The number of ketones is 1. The molecule has 3 saturated heterocycles. The predicted molar refractivity (Wildman–Crippen MR) is 123 cm³/mol. The van der Waals surface area contributed by atoms with Crippen molar-refractivity contribution in [2.45, 2.75) is 45.1 Å². The fourth-order valence-electron chi connectivity index (χ4n) is 4.77. The molecular weight excluding hydrogens is 424 g/mol. The van der Waals surface area contributed by atoms with Gasteiger partial charge in [-0.1, -0.05) is 20.8 Å². The molecule has 0 aliphatic carbocycles. The van der Waals surface area contributed by atoms with Crippen molar-refractivity contribution in [1.29, 1.82) is 0 Å². The Morgan fingerprint density at radius 1 is 1.12 bits per heavy atom. The summed E-state index contributed by atoms with van der Waals surface area (Å²) in [6.07, 6.45) is -1.61. The van der Waals surface area contributed by atoms with Crippen molar-refractivity contribution in [2.75, 3.05) is 51.3 Å². The third kappa shape index (κ3) is 4.76. The van der Waals surface area contributed by atoms with Crippen LogP contribution in [0.3, 0.4) is 0 Å². The summed E-state index contributed by atoms with van der Waals surface area (Å²) in [7, 11) is 2.11. The molecule has 3 aliphatic heterocycles. The van der Waals surface area contributed by atoms with E-state index in [1.807, 2.05) is 32.9 Å². The number of likely N-dealkylation sites (tertiary alicyclic amines) is 1. The lowest BCUT2D eigenvalue weighted by atomic mass is 9.85. The number of aliphatic hydroxyl groups is 1. The van der Waals surface area contributed by atoms with Crippen LogP contribution in [-0.2, 0) is 14.3 Å².